The van der Waals surface area contributed by atoms with Gasteiger partial charge in [-0.15, -0.1) is 0 Å². The highest BCUT2D eigenvalue weighted by Gasteiger charge is 2.26. The number of aliphatic hydroxyl groups is 2. The van der Waals surface area contributed by atoms with Crippen molar-refractivity contribution in [3.8, 4) is 0 Å². The highest BCUT2D eigenvalue weighted by Crippen LogP contribution is 2.09. The molecule has 0 bridgehead atoms. The first-order valence-electron chi connectivity index (χ1n) is 5.77. The maximum atomic E-state index is 11.3. The van der Waals surface area contributed by atoms with E-state index in [9.17, 15) is 15.0 Å². The first-order chi connectivity index (χ1) is 9.13. The molecular weight excluding hydrogens is 252 g/mol. The molecule has 2 rings (SSSR count). The van der Waals surface area contributed by atoms with E-state index >= 15 is 0 Å². The lowest BCUT2D eigenvalue weighted by Crippen LogP contribution is -2.38. The molecule has 2 atom stereocenters. The molecular formula is C11H14N4O4. The average Bonchev–Trinajstić information content (AvgIpc) is 2.81. The third kappa shape index (κ3) is 2.85. The molecule has 0 amide bonds. The second kappa shape index (κ2) is 5.72. The van der Waals surface area contributed by atoms with Crippen molar-refractivity contribution in [1.82, 2.24) is 19.5 Å². The Morgan fingerprint density at radius 2 is 2.26 bits per heavy atom. The minimum absolute atomic E-state index is 0.0203. The fourth-order valence-corrected chi connectivity index (χ4v) is 1.63. The van der Waals surface area contributed by atoms with Gasteiger partial charge in [0.1, 0.15) is 17.9 Å². The second-order valence-electron chi connectivity index (χ2n) is 3.89. The summed E-state index contributed by atoms with van der Waals surface area (Å²) in [6.07, 6.45) is 1.45. The molecule has 0 saturated heterocycles. The number of rotatable bonds is 5. The predicted molar refractivity (Wildman–Crippen MR) is 64.0 cm³/mol. The molecule has 0 aromatic carbocycles. The number of carbonyl (C=O) groups is 1. The fourth-order valence-electron chi connectivity index (χ4n) is 1.63. The quantitative estimate of drug-likeness (QED) is 0.675. The van der Waals surface area contributed by atoms with Crippen molar-refractivity contribution in [2.45, 2.75) is 25.7 Å². The van der Waals surface area contributed by atoms with Crippen molar-refractivity contribution in [2.75, 3.05) is 6.61 Å². The second-order valence-corrected chi connectivity index (χ2v) is 3.89. The molecule has 0 aliphatic heterocycles. The molecule has 2 aromatic rings. The molecule has 2 heterocycles. The van der Waals surface area contributed by atoms with Gasteiger partial charge in [-0.2, -0.15) is 0 Å². The Bertz CT molecular complexity index is 571. The van der Waals surface area contributed by atoms with Gasteiger partial charge < -0.3 is 19.5 Å². The first-order valence-corrected chi connectivity index (χ1v) is 5.77. The van der Waals surface area contributed by atoms with Gasteiger partial charge in [0.15, 0.2) is 11.8 Å². The van der Waals surface area contributed by atoms with Crippen LogP contribution in [0.25, 0.3) is 11.2 Å². The molecule has 0 aliphatic rings. The molecule has 2 N–H and O–H groups in total. The topological polar surface area (TPSA) is 110 Å². The van der Waals surface area contributed by atoms with Gasteiger partial charge in [-0.25, -0.2) is 19.7 Å². The van der Waals surface area contributed by atoms with Crippen LogP contribution in [0.5, 0.6) is 0 Å². The summed E-state index contributed by atoms with van der Waals surface area (Å²) in [6.45, 7) is 1.74. The van der Waals surface area contributed by atoms with Gasteiger partial charge in [-0.1, -0.05) is 0 Å². The van der Waals surface area contributed by atoms with Gasteiger partial charge in [0, 0.05) is 0 Å². The number of nitrogens with zero attached hydrogens (tertiary/aromatic N) is 4. The summed E-state index contributed by atoms with van der Waals surface area (Å²) < 4.78 is 6.16. The van der Waals surface area contributed by atoms with Crippen molar-refractivity contribution in [3.63, 3.8) is 0 Å². The van der Waals surface area contributed by atoms with Crippen LogP contribution < -0.4 is 0 Å². The van der Waals surface area contributed by atoms with Crippen LogP contribution in [0.3, 0.4) is 0 Å². The van der Waals surface area contributed by atoms with Crippen molar-refractivity contribution in [3.05, 3.63) is 18.9 Å². The van der Waals surface area contributed by atoms with E-state index < -0.39 is 18.2 Å². The summed E-state index contributed by atoms with van der Waals surface area (Å²) in [5, 5.41) is 19.4. The van der Waals surface area contributed by atoms with Crippen molar-refractivity contribution >= 4 is 17.1 Å². The standard InChI is InChI=1S/C11H14N4O4/c1-2-19-11(18)9(17)8(16)4-15-6-14-7-3-12-5-13-10(7)15/h3,5-6,8-9,16-17H,2,4H2,1H3/t8-,9-/m1/s1. The summed E-state index contributed by atoms with van der Waals surface area (Å²) in [6, 6.07) is 0. The molecule has 0 unspecified atom stereocenters. The molecule has 0 aliphatic carbocycles. The summed E-state index contributed by atoms with van der Waals surface area (Å²) in [7, 11) is 0. The molecule has 8 nitrogen and oxygen atoms in total. The van der Waals surface area contributed by atoms with Crippen LogP contribution in [0, 0.1) is 0 Å². The Morgan fingerprint density at radius 1 is 1.47 bits per heavy atom. The monoisotopic (exact) mass is 266 g/mol. The SMILES string of the molecule is CCOC(=O)[C@H](O)[C@H](O)Cn1cnc2cncnc21. The zero-order valence-corrected chi connectivity index (χ0v) is 10.3. The number of ether oxygens (including phenoxy) is 1. The number of imidazole rings is 1. The Balaban J connectivity index is 2.10. The van der Waals surface area contributed by atoms with E-state index in [4.69, 9.17) is 0 Å². The molecule has 0 saturated carbocycles. The van der Waals surface area contributed by atoms with Crippen molar-refractivity contribution in [1.29, 1.82) is 0 Å². The highest BCUT2D eigenvalue weighted by atomic mass is 16.5. The summed E-state index contributed by atoms with van der Waals surface area (Å²) in [5.74, 6) is -0.853. The van der Waals surface area contributed by atoms with Crippen LogP contribution in [-0.2, 0) is 16.1 Å². The van der Waals surface area contributed by atoms with Gasteiger partial charge in [-0.3, -0.25) is 0 Å². The van der Waals surface area contributed by atoms with Gasteiger partial charge >= 0.3 is 5.97 Å². The minimum atomic E-state index is -1.60. The van der Waals surface area contributed by atoms with E-state index in [1.54, 1.807) is 6.92 Å². The zero-order valence-electron chi connectivity index (χ0n) is 10.3. The number of esters is 1. The fraction of sp³-hybridized carbons (Fsp3) is 0.455. The molecule has 19 heavy (non-hydrogen) atoms. The number of aliphatic hydroxyl groups excluding tert-OH is 2. The largest absolute Gasteiger partial charge is 0.464 e. The third-order valence-corrected chi connectivity index (χ3v) is 2.56. The average molecular weight is 266 g/mol. The Morgan fingerprint density at radius 3 is 3.00 bits per heavy atom. The van der Waals surface area contributed by atoms with Crippen LogP contribution in [-0.4, -0.2) is 54.5 Å². The third-order valence-electron chi connectivity index (χ3n) is 2.56. The number of aromatic nitrogens is 4. The Kier molecular flexibility index (Phi) is 4.03. The van der Waals surface area contributed by atoms with Crippen LogP contribution in [0.4, 0.5) is 0 Å². The maximum Gasteiger partial charge on any atom is 0.337 e. The lowest BCUT2D eigenvalue weighted by molar-refractivity contribution is -0.159. The molecule has 102 valence electrons. The molecule has 0 fully saturated rings. The molecule has 2 aromatic heterocycles. The Hall–Kier alpha value is -2.06. The number of hydrogen-bond donors (Lipinski definition) is 2. The minimum Gasteiger partial charge on any atom is -0.464 e. The van der Waals surface area contributed by atoms with Crippen molar-refractivity contribution in [2.24, 2.45) is 0 Å². The van der Waals surface area contributed by atoms with E-state index in [0.717, 1.165) is 0 Å². The van der Waals surface area contributed by atoms with Crippen LogP contribution in [0.15, 0.2) is 18.9 Å². The van der Waals surface area contributed by atoms with E-state index in [2.05, 4.69) is 19.7 Å². The zero-order chi connectivity index (χ0) is 13.8. The van der Waals surface area contributed by atoms with Crippen LogP contribution in [0.1, 0.15) is 6.92 Å². The van der Waals surface area contributed by atoms with Gasteiger partial charge in [-0.05, 0) is 6.92 Å². The number of fused-ring (bicyclic) bond motifs is 1. The van der Waals surface area contributed by atoms with Crippen molar-refractivity contribution < 1.29 is 19.7 Å². The van der Waals surface area contributed by atoms with E-state index in [-0.39, 0.29) is 13.2 Å². The van der Waals surface area contributed by atoms with E-state index in [0.29, 0.717) is 11.2 Å². The predicted octanol–water partition coefficient (Wildman–Crippen LogP) is -0.889. The van der Waals surface area contributed by atoms with Gasteiger partial charge in [0.25, 0.3) is 0 Å². The summed E-state index contributed by atoms with van der Waals surface area (Å²) >= 11 is 0. The summed E-state index contributed by atoms with van der Waals surface area (Å²) in [5.41, 5.74) is 1.09. The lowest BCUT2D eigenvalue weighted by atomic mass is 10.2. The number of carbonyl (C=O) groups excluding carboxylic acids is 1. The molecule has 0 spiro atoms. The smallest absolute Gasteiger partial charge is 0.337 e. The normalized spacial score (nSPS) is 14.3. The lowest BCUT2D eigenvalue weighted by Gasteiger charge is -2.16. The van der Waals surface area contributed by atoms with Gasteiger partial charge in [0.2, 0.25) is 0 Å². The Labute approximate surface area is 108 Å². The summed E-state index contributed by atoms with van der Waals surface area (Å²) in [4.78, 5) is 23.2. The van der Waals surface area contributed by atoms with Crippen LogP contribution >= 0.6 is 0 Å². The maximum absolute atomic E-state index is 11.3. The number of hydrogen-bond acceptors (Lipinski definition) is 7. The molecule has 0 radical (unpaired) electrons. The van der Waals surface area contributed by atoms with E-state index in [1.807, 2.05) is 0 Å². The first kappa shape index (κ1) is 13.4. The molecule has 8 heteroatoms. The van der Waals surface area contributed by atoms with Crippen LogP contribution in [0.2, 0.25) is 0 Å². The van der Waals surface area contributed by atoms with Gasteiger partial charge in [0.05, 0.1) is 25.7 Å². The van der Waals surface area contributed by atoms with E-state index in [1.165, 1.54) is 23.4 Å². The highest BCUT2D eigenvalue weighted by molar-refractivity contribution is 5.75.